The Morgan fingerprint density at radius 2 is 2.04 bits per heavy atom. The molecule has 2 saturated heterocycles. The molecule has 1 aromatic rings. The zero-order chi connectivity index (χ0) is 16.9. The third-order valence-corrected chi connectivity index (χ3v) is 4.46. The first-order valence-electron chi connectivity index (χ1n) is 8.32. The van der Waals surface area contributed by atoms with Crippen molar-refractivity contribution in [2.24, 2.45) is 0 Å². The van der Waals surface area contributed by atoms with Gasteiger partial charge < -0.3 is 15.5 Å². The second-order valence-corrected chi connectivity index (χ2v) is 6.13. The number of benzene rings is 1. The van der Waals surface area contributed by atoms with Crippen molar-refractivity contribution in [1.29, 1.82) is 0 Å². The number of carbonyl (C=O) groups is 3. The topological polar surface area (TPSA) is 81.8 Å². The van der Waals surface area contributed by atoms with E-state index < -0.39 is 0 Å². The predicted molar refractivity (Wildman–Crippen MR) is 88.4 cm³/mol. The number of urea groups is 2. The number of carbonyl (C=O) groups excluding carboxylic acids is 3. The van der Waals surface area contributed by atoms with Crippen LogP contribution in [-0.4, -0.2) is 60.0 Å². The Bertz CT molecular complexity index is 604. The van der Waals surface area contributed by atoms with Gasteiger partial charge in [-0.15, -0.1) is 0 Å². The van der Waals surface area contributed by atoms with Crippen molar-refractivity contribution in [3.05, 3.63) is 35.9 Å². The van der Waals surface area contributed by atoms with E-state index in [0.29, 0.717) is 26.1 Å². The van der Waals surface area contributed by atoms with Crippen LogP contribution >= 0.6 is 0 Å². The molecule has 2 aliphatic heterocycles. The van der Waals surface area contributed by atoms with E-state index in [1.54, 1.807) is 4.90 Å². The first-order chi connectivity index (χ1) is 11.6. The van der Waals surface area contributed by atoms with Crippen LogP contribution in [0.1, 0.15) is 18.4 Å². The Balaban J connectivity index is 1.40. The molecular formula is C17H22N4O3. The van der Waals surface area contributed by atoms with Gasteiger partial charge in [-0.05, 0) is 24.8 Å². The molecule has 1 aromatic carbocycles. The van der Waals surface area contributed by atoms with Gasteiger partial charge in [-0.1, -0.05) is 30.3 Å². The number of hydrogen-bond acceptors (Lipinski definition) is 3. The maximum atomic E-state index is 12.2. The van der Waals surface area contributed by atoms with Gasteiger partial charge in [-0.2, -0.15) is 0 Å². The molecule has 0 spiro atoms. The zero-order valence-corrected chi connectivity index (χ0v) is 13.5. The monoisotopic (exact) mass is 330 g/mol. The van der Waals surface area contributed by atoms with Gasteiger partial charge in [0.1, 0.15) is 0 Å². The van der Waals surface area contributed by atoms with Crippen LogP contribution in [-0.2, 0) is 11.2 Å². The smallest absolute Gasteiger partial charge is 0.324 e. The summed E-state index contributed by atoms with van der Waals surface area (Å²) in [6.45, 7) is 1.63. The van der Waals surface area contributed by atoms with Crippen LogP contribution in [0.5, 0.6) is 0 Å². The Morgan fingerprint density at radius 3 is 2.75 bits per heavy atom. The van der Waals surface area contributed by atoms with Crippen LogP contribution < -0.4 is 10.6 Å². The summed E-state index contributed by atoms with van der Waals surface area (Å²) in [7, 11) is 0. The van der Waals surface area contributed by atoms with Crippen LogP contribution in [0.25, 0.3) is 0 Å². The van der Waals surface area contributed by atoms with Gasteiger partial charge in [0.25, 0.3) is 0 Å². The number of imide groups is 1. The summed E-state index contributed by atoms with van der Waals surface area (Å²) in [5.41, 5.74) is 1.26. The lowest BCUT2D eigenvalue weighted by Crippen LogP contribution is -2.44. The molecule has 0 aliphatic carbocycles. The number of nitrogens with one attached hydrogen (secondary N) is 2. The Kier molecular flexibility index (Phi) is 4.98. The lowest BCUT2D eigenvalue weighted by Gasteiger charge is -2.21. The number of likely N-dealkylation sites (tertiary alicyclic amines) is 1. The van der Waals surface area contributed by atoms with Crippen LogP contribution in [0.4, 0.5) is 9.59 Å². The molecule has 128 valence electrons. The molecule has 0 bridgehead atoms. The van der Waals surface area contributed by atoms with E-state index in [2.05, 4.69) is 22.8 Å². The van der Waals surface area contributed by atoms with E-state index in [-0.39, 0.29) is 30.6 Å². The highest BCUT2D eigenvalue weighted by Gasteiger charge is 2.39. The van der Waals surface area contributed by atoms with Crippen molar-refractivity contribution in [3.8, 4) is 0 Å². The van der Waals surface area contributed by atoms with E-state index in [0.717, 1.165) is 12.8 Å². The van der Waals surface area contributed by atoms with Crippen molar-refractivity contribution < 1.29 is 14.4 Å². The summed E-state index contributed by atoms with van der Waals surface area (Å²) in [5, 5.41) is 5.43. The Hall–Kier alpha value is -2.57. The highest BCUT2D eigenvalue weighted by atomic mass is 16.2. The molecule has 2 N–H and O–H groups in total. The van der Waals surface area contributed by atoms with Gasteiger partial charge >= 0.3 is 12.1 Å². The minimum atomic E-state index is -0.352. The average molecular weight is 330 g/mol. The average Bonchev–Trinajstić information content (AvgIpc) is 3.19. The van der Waals surface area contributed by atoms with Gasteiger partial charge in [-0.25, -0.2) is 9.59 Å². The van der Waals surface area contributed by atoms with E-state index in [1.165, 1.54) is 10.5 Å². The second kappa shape index (κ2) is 7.33. The maximum absolute atomic E-state index is 12.2. The summed E-state index contributed by atoms with van der Waals surface area (Å²) in [5.74, 6) is -0.213. The quantitative estimate of drug-likeness (QED) is 0.623. The third kappa shape index (κ3) is 3.67. The number of aryl methyl sites for hydroxylation is 1. The zero-order valence-electron chi connectivity index (χ0n) is 13.5. The molecule has 2 aliphatic rings. The van der Waals surface area contributed by atoms with Crippen LogP contribution in [0.15, 0.2) is 30.3 Å². The molecule has 7 nitrogen and oxygen atoms in total. The van der Waals surface area contributed by atoms with E-state index in [1.807, 2.05) is 18.2 Å². The number of nitrogens with zero attached hydrogens (tertiary/aromatic N) is 2. The SMILES string of the molecule is O=C(NCCCc1ccccc1)N1CCC(N2C(=O)CNC2=O)C1. The molecule has 2 fully saturated rings. The fraction of sp³-hybridized carbons (Fsp3) is 0.471. The van der Waals surface area contributed by atoms with Crippen molar-refractivity contribution in [3.63, 3.8) is 0 Å². The van der Waals surface area contributed by atoms with Crippen molar-refractivity contribution in [1.82, 2.24) is 20.4 Å². The number of hydrogen-bond donors (Lipinski definition) is 2. The number of rotatable bonds is 5. The minimum Gasteiger partial charge on any atom is -0.338 e. The lowest BCUT2D eigenvalue weighted by molar-refractivity contribution is -0.126. The molecule has 1 atom stereocenters. The molecule has 1 unspecified atom stereocenters. The Labute approximate surface area is 141 Å². The first-order valence-corrected chi connectivity index (χ1v) is 8.32. The standard InChI is InChI=1S/C17H22N4O3/c22-15-11-19-17(24)21(15)14-8-10-20(12-14)16(23)18-9-4-7-13-5-2-1-3-6-13/h1-3,5-6,14H,4,7-12H2,(H,18,23)(H,19,24). The molecule has 24 heavy (non-hydrogen) atoms. The molecule has 3 rings (SSSR count). The molecule has 2 heterocycles. The van der Waals surface area contributed by atoms with Gasteiger partial charge in [0.05, 0.1) is 12.6 Å². The molecule has 7 heteroatoms. The predicted octanol–water partition coefficient (Wildman–Crippen LogP) is 0.955. The van der Waals surface area contributed by atoms with E-state index in [4.69, 9.17) is 0 Å². The summed E-state index contributed by atoms with van der Waals surface area (Å²) in [6.07, 6.45) is 2.43. The molecule has 0 radical (unpaired) electrons. The van der Waals surface area contributed by atoms with Gasteiger partial charge in [0, 0.05) is 19.6 Å². The maximum Gasteiger partial charge on any atom is 0.324 e. The van der Waals surface area contributed by atoms with Crippen LogP contribution in [0.2, 0.25) is 0 Å². The normalized spacial score (nSPS) is 20.4. The lowest BCUT2D eigenvalue weighted by atomic mass is 10.1. The van der Waals surface area contributed by atoms with Crippen molar-refractivity contribution in [2.45, 2.75) is 25.3 Å². The Morgan fingerprint density at radius 1 is 1.25 bits per heavy atom. The van der Waals surface area contributed by atoms with Crippen molar-refractivity contribution in [2.75, 3.05) is 26.2 Å². The van der Waals surface area contributed by atoms with Crippen LogP contribution in [0, 0.1) is 0 Å². The van der Waals surface area contributed by atoms with Gasteiger partial charge in [0.2, 0.25) is 5.91 Å². The highest BCUT2D eigenvalue weighted by molar-refractivity contribution is 6.02. The second-order valence-electron chi connectivity index (χ2n) is 6.13. The highest BCUT2D eigenvalue weighted by Crippen LogP contribution is 2.18. The molecular weight excluding hydrogens is 308 g/mol. The first kappa shape index (κ1) is 16.3. The van der Waals surface area contributed by atoms with Gasteiger partial charge in [0.15, 0.2) is 0 Å². The van der Waals surface area contributed by atoms with Crippen LogP contribution in [0.3, 0.4) is 0 Å². The molecule has 0 aromatic heterocycles. The molecule has 5 amide bonds. The summed E-state index contributed by atoms with van der Waals surface area (Å²) in [4.78, 5) is 38.5. The molecule has 0 saturated carbocycles. The number of amides is 5. The van der Waals surface area contributed by atoms with E-state index in [9.17, 15) is 14.4 Å². The fourth-order valence-electron chi connectivity index (χ4n) is 3.19. The largest absolute Gasteiger partial charge is 0.338 e. The summed E-state index contributed by atoms with van der Waals surface area (Å²) >= 11 is 0. The summed E-state index contributed by atoms with van der Waals surface area (Å²) < 4.78 is 0. The van der Waals surface area contributed by atoms with Crippen molar-refractivity contribution >= 4 is 18.0 Å². The fourth-order valence-corrected chi connectivity index (χ4v) is 3.19. The van der Waals surface area contributed by atoms with E-state index >= 15 is 0 Å². The third-order valence-electron chi connectivity index (χ3n) is 4.46. The van der Waals surface area contributed by atoms with Gasteiger partial charge in [-0.3, -0.25) is 9.69 Å². The summed E-state index contributed by atoms with van der Waals surface area (Å²) in [6, 6.07) is 9.46. The minimum absolute atomic E-state index is 0.0566.